The number of nitrogens with one attached hydrogen (secondary N) is 1. The number of benzene rings is 1. The van der Waals surface area contributed by atoms with Crippen molar-refractivity contribution in [3.8, 4) is 5.69 Å². The Hall–Kier alpha value is -2.86. The molecule has 4 rings (SSSR count). The summed E-state index contributed by atoms with van der Waals surface area (Å²) in [6, 6.07) is 17.4. The van der Waals surface area contributed by atoms with Crippen molar-refractivity contribution in [3.05, 3.63) is 77.4 Å². The van der Waals surface area contributed by atoms with Crippen molar-refractivity contribution in [2.75, 3.05) is 24.5 Å². The van der Waals surface area contributed by atoms with Gasteiger partial charge >= 0.3 is 0 Å². The predicted molar refractivity (Wildman–Crippen MR) is 137 cm³/mol. The van der Waals surface area contributed by atoms with Gasteiger partial charge in [0, 0.05) is 48.6 Å². The number of pyridine rings is 1. The van der Waals surface area contributed by atoms with Crippen molar-refractivity contribution >= 4 is 23.0 Å². The Labute approximate surface area is 197 Å². The number of aromatic nitrogens is 2. The first-order valence-corrected chi connectivity index (χ1v) is 11.9. The zero-order valence-corrected chi connectivity index (χ0v) is 20.5. The van der Waals surface area contributed by atoms with E-state index in [0.717, 1.165) is 30.4 Å². The van der Waals surface area contributed by atoms with Crippen molar-refractivity contribution in [1.29, 1.82) is 0 Å². The summed E-state index contributed by atoms with van der Waals surface area (Å²) < 4.78 is 2.35. The molecular weight excluding hydrogens is 414 g/mol. The van der Waals surface area contributed by atoms with E-state index in [1.54, 1.807) is 0 Å². The number of aryl methyl sites for hydroxylation is 1. The minimum absolute atomic E-state index is 0.0302. The lowest BCUT2D eigenvalue weighted by molar-refractivity contribution is 0.329. The lowest BCUT2D eigenvalue weighted by Gasteiger charge is -2.27. The Morgan fingerprint density at radius 3 is 2.34 bits per heavy atom. The largest absolute Gasteiger partial charge is 0.372 e. The fourth-order valence-electron chi connectivity index (χ4n) is 4.97. The molecule has 0 amide bonds. The molecule has 0 spiro atoms. The lowest BCUT2D eigenvalue weighted by Crippen LogP contribution is -2.29. The molecule has 1 aromatic carbocycles. The highest BCUT2D eigenvalue weighted by atomic mass is 32.1. The molecule has 3 aromatic rings. The van der Waals surface area contributed by atoms with Crippen LogP contribution in [0.25, 0.3) is 5.69 Å². The molecule has 3 heterocycles. The Morgan fingerprint density at radius 1 is 1.03 bits per heavy atom. The number of likely N-dealkylation sites (N-methyl/N-ethyl adjacent to an activating group) is 1. The van der Waals surface area contributed by atoms with Crippen LogP contribution in [0.2, 0.25) is 0 Å². The van der Waals surface area contributed by atoms with Gasteiger partial charge in [-0.05, 0) is 94.9 Å². The number of hydrogen-bond donors (Lipinski definition) is 1. The first kappa shape index (κ1) is 22.3. The fourth-order valence-corrected chi connectivity index (χ4v) is 5.34. The van der Waals surface area contributed by atoms with Crippen molar-refractivity contribution in [1.82, 2.24) is 19.8 Å². The van der Waals surface area contributed by atoms with E-state index in [4.69, 9.17) is 12.2 Å². The number of hydrogen-bond acceptors (Lipinski definition) is 3. The Morgan fingerprint density at radius 2 is 1.75 bits per heavy atom. The SMILES string of the molecule is CCN(CC)c1ccc(-n2c(C)cc(C3C(c4ccccn4)NC(=S)N3CC)c2C)cc1. The van der Waals surface area contributed by atoms with Gasteiger partial charge in [-0.3, -0.25) is 4.98 Å². The molecule has 1 saturated heterocycles. The summed E-state index contributed by atoms with van der Waals surface area (Å²) in [4.78, 5) is 9.29. The van der Waals surface area contributed by atoms with Gasteiger partial charge in [0.05, 0.1) is 17.8 Å². The van der Waals surface area contributed by atoms with Crippen LogP contribution in [0, 0.1) is 13.8 Å². The molecule has 0 saturated carbocycles. The minimum Gasteiger partial charge on any atom is -0.372 e. The fraction of sp³-hybridized carbons (Fsp3) is 0.385. The number of rotatable bonds is 7. The van der Waals surface area contributed by atoms with Crippen LogP contribution in [0.5, 0.6) is 0 Å². The van der Waals surface area contributed by atoms with Gasteiger partial charge in [-0.1, -0.05) is 6.07 Å². The second kappa shape index (κ2) is 9.33. The molecule has 1 aliphatic heterocycles. The summed E-state index contributed by atoms with van der Waals surface area (Å²) in [5.74, 6) is 0. The van der Waals surface area contributed by atoms with Gasteiger partial charge in [-0.15, -0.1) is 0 Å². The summed E-state index contributed by atoms with van der Waals surface area (Å²) in [5.41, 5.74) is 7.23. The molecule has 1 aliphatic rings. The van der Waals surface area contributed by atoms with Crippen molar-refractivity contribution in [2.45, 2.75) is 46.7 Å². The highest BCUT2D eigenvalue weighted by molar-refractivity contribution is 7.80. The van der Waals surface area contributed by atoms with Crippen molar-refractivity contribution in [3.63, 3.8) is 0 Å². The molecule has 1 N–H and O–H groups in total. The van der Waals surface area contributed by atoms with Gasteiger partial charge < -0.3 is 19.7 Å². The molecular formula is C26H33N5S. The second-order valence-corrected chi connectivity index (χ2v) is 8.65. The van der Waals surface area contributed by atoms with E-state index in [-0.39, 0.29) is 12.1 Å². The third-order valence-corrected chi connectivity index (χ3v) is 6.92. The molecule has 0 radical (unpaired) electrons. The molecule has 32 heavy (non-hydrogen) atoms. The molecule has 1 fully saturated rings. The second-order valence-electron chi connectivity index (χ2n) is 8.26. The van der Waals surface area contributed by atoms with Crippen LogP contribution in [-0.4, -0.2) is 39.2 Å². The Balaban J connectivity index is 1.75. The quantitative estimate of drug-likeness (QED) is 0.496. The van der Waals surface area contributed by atoms with Crippen molar-refractivity contribution in [2.24, 2.45) is 0 Å². The maximum absolute atomic E-state index is 5.71. The Kier molecular flexibility index (Phi) is 6.51. The molecule has 168 valence electrons. The van der Waals surface area contributed by atoms with E-state index >= 15 is 0 Å². The van der Waals surface area contributed by atoms with Crippen LogP contribution >= 0.6 is 12.2 Å². The van der Waals surface area contributed by atoms with Crippen molar-refractivity contribution < 1.29 is 0 Å². The standard InChI is InChI=1S/C26H33N5S/c1-6-29(7-2)20-12-14-21(15-13-20)31-18(4)17-22(19(31)5)25-24(23-11-9-10-16-27-23)28-26(32)30(25)8-3/h9-17,24-25H,6-8H2,1-5H3,(H,28,32). The highest BCUT2D eigenvalue weighted by Crippen LogP contribution is 2.41. The van der Waals surface area contributed by atoms with E-state index in [1.165, 1.54) is 28.3 Å². The third-order valence-electron chi connectivity index (χ3n) is 6.56. The predicted octanol–water partition coefficient (Wildman–Crippen LogP) is 5.33. The van der Waals surface area contributed by atoms with E-state index in [9.17, 15) is 0 Å². The Bertz CT molecular complexity index is 1070. The molecule has 2 unspecified atom stereocenters. The van der Waals surface area contributed by atoms with Crippen LogP contribution in [0.1, 0.15) is 55.5 Å². The summed E-state index contributed by atoms with van der Waals surface area (Å²) in [7, 11) is 0. The van der Waals surface area contributed by atoms with E-state index in [0.29, 0.717) is 0 Å². The summed E-state index contributed by atoms with van der Waals surface area (Å²) >= 11 is 5.71. The van der Waals surface area contributed by atoms with Crippen LogP contribution < -0.4 is 10.2 Å². The summed E-state index contributed by atoms with van der Waals surface area (Å²) in [6.45, 7) is 13.8. The first-order chi connectivity index (χ1) is 15.5. The maximum atomic E-state index is 5.71. The molecule has 0 aliphatic carbocycles. The van der Waals surface area contributed by atoms with Gasteiger partial charge in [-0.2, -0.15) is 0 Å². The first-order valence-electron chi connectivity index (χ1n) is 11.5. The number of anilines is 1. The highest BCUT2D eigenvalue weighted by Gasteiger charge is 2.40. The molecule has 5 nitrogen and oxygen atoms in total. The van der Waals surface area contributed by atoms with Crippen LogP contribution in [0.3, 0.4) is 0 Å². The molecule has 2 atom stereocenters. The molecule has 2 aromatic heterocycles. The van der Waals surface area contributed by atoms with Crippen LogP contribution in [-0.2, 0) is 0 Å². The molecule has 6 heteroatoms. The van der Waals surface area contributed by atoms with E-state index < -0.39 is 0 Å². The zero-order chi connectivity index (χ0) is 22.8. The summed E-state index contributed by atoms with van der Waals surface area (Å²) in [6.07, 6.45) is 1.85. The van der Waals surface area contributed by atoms with Crippen LogP contribution in [0.15, 0.2) is 54.7 Å². The number of thiocarbonyl (C=S) groups is 1. The number of nitrogens with zero attached hydrogens (tertiary/aromatic N) is 4. The van der Waals surface area contributed by atoms with Gasteiger partial charge in [0.1, 0.15) is 0 Å². The monoisotopic (exact) mass is 447 g/mol. The van der Waals surface area contributed by atoms with Crippen LogP contribution in [0.4, 0.5) is 5.69 Å². The smallest absolute Gasteiger partial charge is 0.170 e. The molecule has 0 bridgehead atoms. The average molecular weight is 448 g/mol. The minimum atomic E-state index is 0.0302. The summed E-state index contributed by atoms with van der Waals surface area (Å²) in [5, 5.41) is 4.32. The van der Waals surface area contributed by atoms with Gasteiger partial charge in [0.15, 0.2) is 5.11 Å². The van der Waals surface area contributed by atoms with Gasteiger partial charge in [0.25, 0.3) is 0 Å². The topological polar surface area (TPSA) is 36.3 Å². The maximum Gasteiger partial charge on any atom is 0.170 e. The third kappa shape index (κ3) is 3.88. The normalized spacial score (nSPS) is 18.2. The van der Waals surface area contributed by atoms with E-state index in [1.807, 2.05) is 18.3 Å². The van der Waals surface area contributed by atoms with E-state index in [2.05, 4.69) is 95.7 Å². The average Bonchev–Trinajstić information content (AvgIpc) is 3.30. The lowest BCUT2D eigenvalue weighted by atomic mass is 9.97. The van der Waals surface area contributed by atoms with Gasteiger partial charge in [0.2, 0.25) is 0 Å². The van der Waals surface area contributed by atoms with Gasteiger partial charge in [-0.25, -0.2) is 0 Å². The zero-order valence-electron chi connectivity index (χ0n) is 19.7.